The van der Waals surface area contributed by atoms with Gasteiger partial charge < -0.3 is 0 Å². The molecule has 0 heterocycles. The van der Waals surface area contributed by atoms with Crippen LogP contribution in [-0.2, 0) is 9.59 Å². The van der Waals surface area contributed by atoms with Crippen molar-refractivity contribution in [1.29, 1.82) is 0 Å². The molecule has 0 saturated heterocycles. The zero-order valence-electron chi connectivity index (χ0n) is 18.1. The molecule has 2 aromatic rings. The van der Waals surface area contributed by atoms with Crippen LogP contribution in [0.15, 0.2) is 70.9 Å². The van der Waals surface area contributed by atoms with Gasteiger partial charge in [0.15, 0.2) is 0 Å². The van der Waals surface area contributed by atoms with Gasteiger partial charge in [-0.25, -0.2) is 10.9 Å². The molecule has 31 heavy (non-hydrogen) atoms. The number of carbonyl (C=O) groups excluding carboxylic acids is 2. The quantitative estimate of drug-likeness (QED) is 0.293. The Morgan fingerprint density at radius 1 is 0.710 bits per heavy atom. The van der Waals surface area contributed by atoms with Gasteiger partial charge >= 0.3 is 0 Å². The van der Waals surface area contributed by atoms with Crippen LogP contribution in [0.2, 0.25) is 0 Å². The van der Waals surface area contributed by atoms with Gasteiger partial charge in [0.1, 0.15) is 0 Å². The number of carbonyl (C=O) groups is 2. The molecule has 0 unspecified atom stereocenters. The number of rotatable bonds is 12. The molecule has 2 N–H and O–H groups in total. The molecule has 0 fully saturated rings. The Kier molecular flexibility index (Phi) is 11.1. The van der Waals surface area contributed by atoms with Gasteiger partial charge in [-0.1, -0.05) is 60.7 Å². The van der Waals surface area contributed by atoms with Crippen LogP contribution in [0.3, 0.4) is 0 Å². The summed E-state index contributed by atoms with van der Waals surface area (Å²) in [5.74, 6) is 1.59. The van der Waals surface area contributed by atoms with Gasteiger partial charge in [-0.2, -0.15) is 22.0 Å². The van der Waals surface area contributed by atoms with Crippen LogP contribution in [0.5, 0.6) is 0 Å². The van der Waals surface area contributed by atoms with Crippen LogP contribution in [-0.4, -0.2) is 34.7 Å². The highest BCUT2D eigenvalue weighted by Crippen LogP contribution is 2.08. The van der Waals surface area contributed by atoms with Gasteiger partial charge in [0, 0.05) is 12.8 Å². The normalized spacial score (nSPS) is 11.8. The Hall–Kier alpha value is -2.93. The third-order valence-electron chi connectivity index (χ3n) is 4.46. The first kappa shape index (κ1) is 24.3. The highest BCUT2D eigenvalue weighted by molar-refractivity contribution is 7.99. The van der Waals surface area contributed by atoms with E-state index >= 15 is 0 Å². The maximum atomic E-state index is 11.9. The molecule has 2 rings (SSSR count). The summed E-state index contributed by atoms with van der Waals surface area (Å²) >= 11 is 1.75. The average molecular weight is 439 g/mol. The second kappa shape index (κ2) is 14.1. The standard InChI is InChI=1S/C24H30N4O2S/c1-19(21-11-5-3-6-12-21)25-27-23(29)15-9-17-31-18-10-16-24(30)28-26-20(2)22-13-7-4-8-14-22/h3-8,11-14H,9-10,15-18H2,1-2H3,(H,27,29)(H,28,30)/b25-19+,26-20?. The average Bonchev–Trinajstić information content (AvgIpc) is 2.81. The van der Waals surface area contributed by atoms with Crippen molar-refractivity contribution in [3.8, 4) is 0 Å². The lowest BCUT2D eigenvalue weighted by Crippen LogP contribution is -2.19. The van der Waals surface area contributed by atoms with E-state index in [0.717, 1.165) is 46.9 Å². The van der Waals surface area contributed by atoms with Crippen LogP contribution in [0.25, 0.3) is 0 Å². The summed E-state index contributed by atoms with van der Waals surface area (Å²) in [6, 6.07) is 19.5. The number of benzene rings is 2. The molecule has 0 bridgehead atoms. The summed E-state index contributed by atoms with van der Waals surface area (Å²) in [6.45, 7) is 3.74. The van der Waals surface area contributed by atoms with Gasteiger partial charge in [-0.15, -0.1) is 0 Å². The van der Waals surface area contributed by atoms with Gasteiger partial charge in [0.2, 0.25) is 11.8 Å². The van der Waals surface area contributed by atoms with Crippen LogP contribution in [0, 0.1) is 0 Å². The smallest absolute Gasteiger partial charge is 0.240 e. The van der Waals surface area contributed by atoms with E-state index in [9.17, 15) is 9.59 Å². The Morgan fingerprint density at radius 2 is 1.10 bits per heavy atom. The molecule has 2 aromatic carbocycles. The van der Waals surface area contributed by atoms with E-state index in [4.69, 9.17) is 0 Å². The van der Waals surface area contributed by atoms with E-state index in [-0.39, 0.29) is 11.8 Å². The maximum Gasteiger partial charge on any atom is 0.240 e. The number of hydrogen-bond acceptors (Lipinski definition) is 5. The molecule has 0 aromatic heterocycles. The number of nitrogens with zero attached hydrogens (tertiary/aromatic N) is 2. The van der Waals surface area contributed by atoms with Crippen molar-refractivity contribution in [2.75, 3.05) is 11.5 Å². The van der Waals surface area contributed by atoms with Crippen LogP contribution in [0.1, 0.15) is 50.7 Å². The molecular formula is C24H30N4O2S. The Balaban J connectivity index is 1.51. The van der Waals surface area contributed by atoms with Gasteiger partial charge in [-0.05, 0) is 49.3 Å². The summed E-state index contributed by atoms with van der Waals surface area (Å²) < 4.78 is 0. The van der Waals surface area contributed by atoms with Crippen molar-refractivity contribution in [1.82, 2.24) is 10.9 Å². The van der Waals surface area contributed by atoms with Gasteiger partial charge in [0.25, 0.3) is 0 Å². The summed E-state index contributed by atoms with van der Waals surface area (Å²) in [5.41, 5.74) is 8.76. The fraction of sp³-hybridized carbons (Fsp3) is 0.333. The minimum atomic E-state index is -0.0816. The minimum Gasteiger partial charge on any atom is -0.273 e. The molecule has 0 aliphatic heterocycles. The molecule has 0 atom stereocenters. The van der Waals surface area contributed by atoms with Crippen molar-refractivity contribution in [3.63, 3.8) is 0 Å². The summed E-state index contributed by atoms with van der Waals surface area (Å²) in [4.78, 5) is 23.8. The van der Waals surface area contributed by atoms with E-state index in [2.05, 4.69) is 21.1 Å². The third-order valence-corrected chi connectivity index (χ3v) is 5.62. The SMILES string of the molecule is CC(=NNC(=O)CCCSCCCC(=O)N/N=C(\C)c1ccccc1)c1ccccc1. The number of nitrogens with one attached hydrogen (secondary N) is 2. The molecule has 6 nitrogen and oxygen atoms in total. The van der Waals surface area contributed by atoms with Crippen LogP contribution in [0.4, 0.5) is 0 Å². The first-order chi connectivity index (χ1) is 15.1. The first-order valence-corrected chi connectivity index (χ1v) is 11.6. The van der Waals surface area contributed by atoms with Crippen molar-refractivity contribution < 1.29 is 9.59 Å². The molecule has 0 saturated carbocycles. The molecular weight excluding hydrogens is 408 g/mol. The molecule has 0 aliphatic carbocycles. The second-order valence-corrected chi connectivity index (χ2v) is 8.24. The highest BCUT2D eigenvalue weighted by Gasteiger charge is 2.03. The van der Waals surface area contributed by atoms with Crippen molar-refractivity contribution in [3.05, 3.63) is 71.8 Å². The lowest BCUT2D eigenvalue weighted by molar-refractivity contribution is -0.121. The van der Waals surface area contributed by atoms with E-state index in [1.807, 2.05) is 74.5 Å². The van der Waals surface area contributed by atoms with E-state index in [1.165, 1.54) is 0 Å². The number of hydrogen-bond donors (Lipinski definition) is 2. The summed E-state index contributed by atoms with van der Waals surface area (Å²) in [6.07, 6.45) is 2.44. The zero-order valence-corrected chi connectivity index (χ0v) is 19.0. The molecule has 0 aliphatic rings. The number of thioether (sulfide) groups is 1. The molecule has 0 radical (unpaired) electrons. The lowest BCUT2D eigenvalue weighted by Gasteiger charge is -2.04. The largest absolute Gasteiger partial charge is 0.273 e. The summed E-state index contributed by atoms with van der Waals surface area (Å²) in [5, 5.41) is 8.29. The molecule has 164 valence electrons. The maximum absolute atomic E-state index is 11.9. The van der Waals surface area contributed by atoms with Crippen molar-refractivity contribution >= 4 is 35.0 Å². The van der Waals surface area contributed by atoms with Gasteiger partial charge in [-0.3, -0.25) is 9.59 Å². The highest BCUT2D eigenvalue weighted by atomic mass is 32.2. The second-order valence-electron chi connectivity index (χ2n) is 7.02. The Bertz CT molecular complexity index is 809. The van der Waals surface area contributed by atoms with E-state index in [0.29, 0.717) is 12.8 Å². The lowest BCUT2D eigenvalue weighted by atomic mass is 10.1. The van der Waals surface area contributed by atoms with E-state index < -0.39 is 0 Å². The van der Waals surface area contributed by atoms with E-state index in [1.54, 1.807) is 11.8 Å². The first-order valence-electron chi connectivity index (χ1n) is 10.4. The molecule has 0 spiro atoms. The fourth-order valence-corrected chi connectivity index (χ4v) is 3.56. The molecule has 7 heteroatoms. The number of hydrazone groups is 2. The van der Waals surface area contributed by atoms with Crippen molar-refractivity contribution in [2.24, 2.45) is 10.2 Å². The minimum absolute atomic E-state index is 0.0816. The van der Waals surface area contributed by atoms with Crippen LogP contribution < -0.4 is 10.9 Å². The monoisotopic (exact) mass is 438 g/mol. The number of amides is 2. The van der Waals surface area contributed by atoms with Crippen LogP contribution >= 0.6 is 11.8 Å². The molecule has 2 amide bonds. The zero-order chi connectivity index (χ0) is 22.3. The third kappa shape index (κ3) is 10.1. The van der Waals surface area contributed by atoms with Crippen molar-refractivity contribution in [2.45, 2.75) is 39.5 Å². The van der Waals surface area contributed by atoms with Gasteiger partial charge in [0.05, 0.1) is 11.4 Å². The Morgan fingerprint density at radius 3 is 1.48 bits per heavy atom. The predicted molar refractivity (Wildman–Crippen MR) is 129 cm³/mol. The Labute approximate surface area is 188 Å². The predicted octanol–water partition coefficient (Wildman–Crippen LogP) is 4.36. The topological polar surface area (TPSA) is 82.9 Å². The fourth-order valence-electron chi connectivity index (χ4n) is 2.66. The summed E-state index contributed by atoms with van der Waals surface area (Å²) in [7, 11) is 0.